The van der Waals surface area contributed by atoms with Crippen molar-refractivity contribution in [2.24, 2.45) is 0 Å². The van der Waals surface area contributed by atoms with Crippen LogP contribution in [-0.4, -0.2) is 49.6 Å². The van der Waals surface area contributed by atoms with Crippen LogP contribution in [0.15, 0.2) is 0 Å². The third kappa shape index (κ3) is 6.39. The Kier molecular flexibility index (Phi) is 8.07. The summed E-state index contributed by atoms with van der Waals surface area (Å²) in [6.07, 6.45) is 7.33. The summed E-state index contributed by atoms with van der Waals surface area (Å²) in [6, 6.07) is 0.501. The molecule has 0 saturated carbocycles. The SMILES string of the molecule is CCCCCNC(=O)C(C)NCC1CCCCN1C. The second-order valence-corrected chi connectivity index (χ2v) is 5.76. The lowest BCUT2D eigenvalue weighted by atomic mass is 10.0. The van der Waals surface area contributed by atoms with E-state index in [0.717, 1.165) is 19.5 Å². The van der Waals surface area contributed by atoms with Gasteiger partial charge in [0.2, 0.25) is 5.91 Å². The van der Waals surface area contributed by atoms with Gasteiger partial charge < -0.3 is 15.5 Å². The van der Waals surface area contributed by atoms with Crippen LogP contribution in [0.3, 0.4) is 0 Å². The molecular weight excluding hydrogens is 238 g/mol. The summed E-state index contributed by atoms with van der Waals surface area (Å²) < 4.78 is 0. The van der Waals surface area contributed by atoms with E-state index in [0.29, 0.717) is 6.04 Å². The van der Waals surface area contributed by atoms with Gasteiger partial charge in [0, 0.05) is 19.1 Å². The van der Waals surface area contributed by atoms with Gasteiger partial charge in [-0.05, 0) is 39.8 Å². The van der Waals surface area contributed by atoms with Gasteiger partial charge in [0.1, 0.15) is 0 Å². The molecule has 0 bridgehead atoms. The molecule has 2 N–H and O–H groups in total. The van der Waals surface area contributed by atoms with Gasteiger partial charge >= 0.3 is 0 Å². The minimum atomic E-state index is -0.0862. The molecule has 0 radical (unpaired) electrons. The fourth-order valence-electron chi connectivity index (χ4n) is 2.55. The maximum absolute atomic E-state index is 11.9. The first-order valence-corrected chi connectivity index (χ1v) is 7.86. The lowest BCUT2D eigenvalue weighted by Crippen LogP contribution is -2.49. The minimum Gasteiger partial charge on any atom is -0.355 e. The zero-order valence-corrected chi connectivity index (χ0v) is 12.9. The van der Waals surface area contributed by atoms with Gasteiger partial charge in [-0.3, -0.25) is 4.79 Å². The van der Waals surface area contributed by atoms with Gasteiger partial charge in [-0.15, -0.1) is 0 Å². The summed E-state index contributed by atoms with van der Waals surface area (Å²) in [4.78, 5) is 14.3. The number of nitrogens with zero attached hydrogens (tertiary/aromatic N) is 1. The smallest absolute Gasteiger partial charge is 0.236 e. The van der Waals surface area contributed by atoms with E-state index in [4.69, 9.17) is 0 Å². The van der Waals surface area contributed by atoms with Crippen molar-refractivity contribution in [3.05, 3.63) is 0 Å². The van der Waals surface area contributed by atoms with Gasteiger partial charge in [0.15, 0.2) is 0 Å². The molecule has 4 nitrogen and oxygen atoms in total. The molecule has 1 fully saturated rings. The predicted molar refractivity (Wildman–Crippen MR) is 80.3 cm³/mol. The van der Waals surface area contributed by atoms with Crippen LogP contribution in [0, 0.1) is 0 Å². The molecule has 1 aliphatic heterocycles. The van der Waals surface area contributed by atoms with Crippen LogP contribution in [-0.2, 0) is 4.79 Å². The number of rotatable bonds is 8. The third-order valence-electron chi connectivity index (χ3n) is 4.05. The number of carbonyl (C=O) groups is 1. The molecule has 1 aliphatic rings. The van der Waals surface area contributed by atoms with Crippen molar-refractivity contribution < 1.29 is 4.79 Å². The average Bonchev–Trinajstić information content (AvgIpc) is 2.42. The van der Waals surface area contributed by atoms with Gasteiger partial charge in [-0.2, -0.15) is 0 Å². The standard InChI is InChI=1S/C15H31N3O/c1-4-5-7-10-16-15(19)13(2)17-12-14-9-6-8-11-18(14)3/h13-14,17H,4-12H2,1-3H3,(H,16,19). The Labute approximate surface area is 118 Å². The molecule has 112 valence electrons. The molecule has 1 amide bonds. The zero-order chi connectivity index (χ0) is 14.1. The summed E-state index contributed by atoms with van der Waals surface area (Å²) in [7, 11) is 2.18. The number of hydrogen-bond acceptors (Lipinski definition) is 3. The van der Waals surface area contributed by atoms with E-state index in [2.05, 4.69) is 29.5 Å². The van der Waals surface area contributed by atoms with Crippen LogP contribution in [0.1, 0.15) is 52.4 Å². The zero-order valence-electron chi connectivity index (χ0n) is 12.9. The molecule has 0 aromatic heterocycles. The molecular formula is C15H31N3O. The highest BCUT2D eigenvalue weighted by atomic mass is 16.2. The van der Waals surface area contributed by atoms with Crippen molar-refractivity contribution in [1.82, 2.24) is 15.5 Å². The number of likely N-dealkylation sites (tertiary alicyclic amines) is 1. The van der Waals surface area contributed by atoms with E-state index in [1.165, 1.54) is 38.6 Å². The van der Waals surface area contributed by atoms with Crippen LogP contribution in [0.25, 0.3) is 0 Å². The number of amides is 1. The van der Waals surface area contributed by atoms with Crippen molar-refractivity contribution in [2.75, 3.05) is 26.7 Å². The molecule has 1 rings (SSSR count). The van der Waals surface area contributed by atoms with Gasteiger partial charge in [-0.1, -0.05) is 26.2 Å². The normalized spacial score (nSPS) is 22.2. The number of carbonyl (C=O) groups excluding carboxylic acids is 1. The first-order valence-electron chi connectivity index (χ1n) is 7.86. The van der Waals surface area contributed by atoms with Crippen LogP contribution in [0.4, 0.5) is 0 Å². The molecule has 0 aliphatic carbocycles. The van der Waals surface area contributed by atoms with E-state index >= 15 is 0 Å². The van der Waals surface area contributed by atoms with Gasteiger partial charge in [0.05, 0.1) is 6.04 Å². The number of piperidine rings is 1. The molecule has 19 heavy (non-hydrogen) atoms. The monoisotopic (exact) mass is 269 g/mol. The van der Waals surface area contributed by atoms with Crippen LogP contribution < -0.4 is 10.6 Å². The summed E-state index contributed by atoms with van der Waals surface area (Å²) in [5.41, 5.74) is 0. The van der Waals surface area contributed by atoms with E-state index in [-0.39, 0.29) is 11.9 Å². The molecule has 2 unspecified atom stereocenters. The molecule has 0 aromatic carbocycles. The lowest BCUT2D eigenvalue weighted by molar-refractivity contribution is -0.122. The first-order chi connectivity index (χ1) is 9.15. The number of nitrogens with one attached hydrogen (secondary N) is 2. The second-order valence-electron chi connectivity index (χ2n) is 5.76. The largest absolute Gasteiger partial charge is 0.355 e. The maximum atomic E-state index is 11.9. The second kappa shape index (κ2) is 9.32. The summed E-state index contributed by atoms with van der Waals surface area (Å²) in [6.45, 7) is 7.04. The van der Waals surface area contributed by atoms with E-state index < -0.39 is 0 Å². The van der Waals surface area contributed by atoms with Crippen LogP contribution in [0.5, 0.6) is 0 Å². The highest BCUT2D eigenvalue weighted by Crippen LogP contribution is 2.14. The van der Waals surface area contributed by atoms with Crippen molar-refractivity contribution >= 4 is 5.91 Å². The summed E-state index contributed by atoms with van der Waals surface area (Å²) >= 11 is 0. The summed E-state index contributed by atoms with van der Waals surface area (Å²) in [5.74, 6) is 0.134. The Hall–Kier alpha value is -0.610. The highest BCUT2D eigenvalue weighted by molar-refractivity contribution is 5.81. The predicted octanol–water partition coefficient (Wildman–Crippen LogP) is 1.76. The Bertz CT molecular complexity index is 258. The van der Waals surface area contributed by atoms with Crippen LogP contribution >= 0.6 is 0 Å². The highest BCUT2D eigenvalue weighted by Gasteiger charge is 2.20. The molecule has 1 heterocycles. The number of unbranched alkanes of at least 4 members (excludes halogenated alkanes) is 2. The Morgan fingerprint density at radius 3 is 2.84 bits per heavy atom. The van der Waals surface area contributed by atoms with Crippen LogP contribution in [0.2, 0.25) is 0 Å². The first kappa shape index (κ1) is 16.4. The van der Waals surface area contributed by atoms with Crippen molar-refractivity contribution in [1.29, 1.82) is 0 Å². The summed E-state index contributed by atoms with van der Waals surface area (Å²) in [5, 5.41) is 6.37. The molecule has 4 heteroatoms. The van der Waals surface area contributed by atoms with E-state index in [1.807, 2.05) is 6.92 Å². The van der Waals surface area contributed by atoms with E-state index in [9.17, 15) is 4.79 Å². The van der Waals surface area contributed by atoms with Gasteiger partial charge in [-0.25, -0.2) is 0 Å². The Balaban J connectivity index is 2.15. The number of likely N-dealkylation sites (N-methyl/N-ethyl adjacent to an activating group) is 1. The topological polar surface area (TPSA) is 44.4 Å². The molecule has 0 aromatic rings. The Morgan fingerprint density at radius 2 is 2.16 bits per heavy atom. The average molecular weight is 269 g/mol. The Morgan fingerprint density at radius 1 is 1.37 bits per heavy atom. The third-order valence-corrected chi connectivity index (χ3v) is 4.05. The van der Waals surface area contributed by atoms with E-state index in [1.54, 1.807) is 0 Å². The van der Waals surface area contributed by atoms with Crippen molar-refractivity contribution in [3.8, 4) is 0 Å². The maximum Gasteiger partial charge on any atom is 0.236 e. The van der Waals surface area contributed by atoms with Crippen molar-refractivity contribution in [2.45, 2.75) is 64.5 Å². The molecule has 2 atom stereocenters. The lowest BCUT2D eigenvalue weighted by Gasteiger charge is -2.33. The molecule has 1 saturated heterocycles. The fraction of sp³-hybridized carbons (Fsp3) is 0.933. The van der Waals surface area contributed by atoms with Gasteiger partial charge in [0.25, 0.3) is 0 Å². The van der Waals surface area contributed by atoms with Crippen molar-refractivity contribution in [3.63, 3.8) is 0 Å². The quantitative estimate of drug-likeness (QED) is 0.660. The molecule has 0 spiro atoms. The number of hydrogen-bond donors (Lipinski definition) is 2. The minimum absolute atomic E-state index is 0.0862. The fourth-order valence-corrected chi connectivity index (χ4v) is 2.55.